The molecule has 5 fully saturated rings. The van der Waals surface area contributed by atoms with Crippen molar-refractivity contribution in [3.05, 3.63) is 23.9 Å². The Bertz CT molecular complexity index is 1110. The zero-order chi connectivity index (χ0) is 27.3. The van der Waals surface area contributed by atoms with E-state index in [9.17, 15) is 23.2 Å². The molecule has 5 aliphatic rings. The number of ether oxygens (including phenoxy) is 1. The van der Waals surface area contributed by atoms with E-state index < -0.39 is 17.3 Å². The van der Waals surface area contributed by atoms with Gasteiger partial charge in [-0.05, 0) is 75.8 Å². The third kappa shape index (κ3) is 4.72. The minimum atomic E-state index is -4.41. The molecule has 0 aromatic carbocycles. The van der Waals surface area contributed by atoms with Crippen molar-refractivity contribution >= 4 is 17.6 Å². The summed E-state index contributed by atoms with van der Waals surface area (Å²) in [4.78, 5) is 26.1. The number of piperazine rings is 1. The summed E-state index contributed by atoms with van der Waals surface area (Å²) in [6, 6.07) is 2.55. The molecule has 6 rings (SSSR count). The Labute approximate surface area is 221 Å². The van der Waals surface area contributed by atoms with Crippen LogP contribution in [-0.2, 0) is 15.7 Å². The van der Waals surface area contributed by atoms with Gasteiger partial charge >= 0.3 is 12.1 Å². The smallest absolute Gasteiger partial charge is 0.417 e. The lowest BCUT2D eigenvalue weighted by atomic mass is 9.48. The van der Waals surface area contributed by atoms with Gasteiger partial charge in [-0.2, -0.15) is 18.4 Å². The van der Waals surface area contributed by atoms with Crippen molar-refractivity contribution in [3.63, 3.8) is 0 Å². The van der Waals surface area contributed by atoms with Crippen molar-refractivity contribution < 1.29 is 22.7 Å². The number of esters is 1. The van der Waals surface area contributed by atoms with Gasteiger partial charge in [0, 0.05) is 32.4 Å². The Morgan fingerprint density at radius 1 is 1.16 bits per heavy atom. The molecule has 4 aliphatic carbocycles. The van der Waals surface area contributed by atoms with Crippen LogP contribution in [0.4, 0.5) is 19.0 Å². The van der Waals surface area contributed by atoms with Crippen LogP contribution < -0.4 is 10.2 Å². The van der Waals surface area contributed by atoms with Gasteiger partial charge in [-0.25, -0.2) is 4.98 Å². The highest BCUT2D eigenvalue weighted by atomic mass is 19.4. The van der Waals surface area contributed by atoms with Gasteiger partial charge < -0.3 is 9.64 Å². The number of pyridine rings is 1. The number of amidine groups is 1. The summed E-state index contributed by atoms with van der Waals surface area (Å²) in [6.07, 6.45) is 3.16. The molecule has 38 heavy (non-hydrogen) atoms. The maximum absolute atomic E-state index is 12.9. The summed E-state index contributed by atoms with van der Waals surface area (Å²) in [7, 11) is 1.47. The number of aliphatic imine (C=N–C) groups is 1. The molecule has 1 saturated heterocycles. The maximum Gasteiger partial charge on any atom is 0.417 e. The van der Waals surface area contributed by atoms with E-state index in [4.69, 9.17) is 9.73 Å². The van der Waals surface area contributed by atoms with Crippen molar-refractivity contribution in [2.75, 3.05) is 38.2 Å². The van der Waals surface area contributed by atoms with Gasteiger partial charge in [-0.1, -0.05) is 0 Å². The lowest BCUT2D eigenvalue weighted by Gasteiger charge is -2.57. The van der Waals surface area contributed by atoms with Gasteiger partial charge in [0.25, 0.3) is 0 Å². The number of nitriles is 1. The molecule has 2 heterocycles. The molecule has 4 bridgehead atoms. The first-order valence-electron chi connectivity index (χ1n) is 13.3. The number of hydrogen-bond donors (Lipinski definition) is 1. The van der Waals surface area contributed by atoms with Gasteiger partial charge in [0.1, 0.15) is 11.7 Å². The Morgan fingerprint density at radius 3 is 2.34 bits per heavy atom. The first-order valence-corrected chi connectivity index (χ1v) is 13.3. The van der Waals surface area contributed by atoms with Gasteiger partial charge in [-0.3, -0.25) is 20.0 Å². The summed E-state index contributed by atoms with van der Waals surface area (Å²) in [5, 5.41) is 12.5. The number of rotatable bonds is 5. The highest BCUT2D eigenvalue weighted by Gasteiger charge is 2.59. The Morgan fingerprint density at radius 2 is 1.82 bits per heavy atom. The van der Waals surface area contributed by atoms with Crippen LogP contribution in [0.15, 0.2) is 23.3 Å². The van der Waals surface area contributed by atoms with Crippen LogP contribution in [0.3, 0.4) is 0 Å². The number of nitrogens with one attached hydrogen (secondary N) is 1. The Kier molecular flexibility index (Phi) is 6.83. The zero-order valence-corrected chi connectivity index (χ0v) is 22.1. The van der Waals surface area contributed by atoms with Crippen LogP contribution in [0.1, 0.15) is 51.5 Å². The molecule has 2 atom stereocenters. The fraction of sp³-hybridized carbons (Fsp3) is 0.704. The second-order valence-electron chi connectivity index (χ2n) is 11.9. The van der Waals surface area contributed by atoms with Crippen molar-refractivity contribution in [3.8, 4) is 6.19 Å². The Hall–Kier alpha value is -2.87. The van der Waals surface area contributed by atoms with Crippen LogP contribution in [0, 0.1) is 34.6 Å². The van der Waals surface area contributed by atoms with Gasteiger partial charge in [-0.15, -0.1) is 0 Å². The number of methoxy groups -OCH3 is 1. The number of anilines is 1. The number of hydrogen-bond acceptors (Lipinski definition) is 7. The van der Waals surface area contributed by atoms with Gasteiger partial charge in [0.05, 0.1) is 29.7 Å². The lowest BCUT2D eigenvalue weighted by Crippen LogP contribution is -2.61. The molecule has 0 spiro atoms. The normalized spacial score (nSPS) is 31.7. The minimum Gasteiger partial charge on any atom is -0.469 e. The fourth-order valence-corrected chi connectivity index (χ4v) is 7.61. The second kappa shape index (κ2) is 9.70. The van der Waals surface area contributed by atoms with E-state index in [1.165, 1.54) is 13.2 Å². The maximum atomic E-state index is 12.9. The SMILES string of the molecule is COC(=O)C12CC3CC(C1)C(N=C(NC#N)C(C)(C)N1CCN(c4ccc(C(F)(F)F)cn4)CC1)C(C3)C2. The van der Waals surface area contributed by atoms with Crippen LogP contribution in [-0.4, -0.2) is 66.6 Å². The van der Waals surface area contributed by atoms with E-state index in [0.29, 0.717) is 55.6 Å². The van der Waals surface area contributed by atoms with Crippen LogP contribution >= 0.6 is 0 Å². The van der Waals surface area contributed by atoms with Crippen molar-refractivity contribution in [1.29, 1.82) is 5.26 Å². The molecule has 4 saturated carbocycles. The monoisotopic (exact) mass is 532 g/mol. The zero-order valence-electron chi connectivity index (χ0n) is 22.1. The number of nitrogens with zero attached hydrogens (tertiary/aromatic N) is 5. The third-order valence-corrected chi connectivity index (χ3v) is 9.34. The molecular weight excluding hydrogens is 497 g/mol. The Balaban J connectivity index is 1.29. The number of carbonyl (C=O) groups excluding carboxylic acids is 1. The number of aromatic nitrogens is 1. The fourth-order valence-electron chi connectivity index (χ4n) is 7.61. The number of halogens is 3. The van der Waals surface area contributed by atoms with E-state index in [0.717, 1.165) is 44.4 Å². The van der Waals surface area contributed by atoms with E-state index in [2.05, 4.69) is 21.4 Å². The number of carbonyl (C=O) groups is 1. The predicted octanol–water partition coefficient (Wildman–Crippen LogP) is 3.84. The van der Waals surface area contributed by atoms with E-state index in [1.807, 2.05) is 18.7 Å². The third-order valence-electron chi connectivity index (χ3n) is 9.34. The van der Waals surface area contributed by atoms with E-state index in [1.54, 1.807) is 0 Å². The molecule has 2 unspecified atom stereocenters. The largest absolute Gasteiger partial charge is 0.469 e. The molecule has 1 aromatic heterocycles. The molecule has 0 radical (unpaired) electrons. The lowest BCUT2D eigenvalue weighted by molar-refractivity contribution is -0.169. The van der Waals surface area contributed by atoms with Crippen molar-refractivity contribution in [2.45, 2.75) is 63.7 Å². The quantitative estimate of drug-likeness (QED) is 0.203. The molecule has 11 heteroatoms. The first-order chi connectivity index (χ1) is 18.0. The topological polar surface area (TPSA) is 93.8 Å². The molecule has 0 amide bonds. The summed E-state index contributed by atoms with van der Waals surface area (Å²) in [5.74, 6) is 2.20. The molecule has 8 nitrogen and oxygen atoms in total. The molecule has 1 aliphatic heterocycles. The highest BCUT2D eigenvalue weighted by Crippen LogP contribution is 2.61. The van der Waals surface area contributed by atoms with Gasteiger partial charge in [0.15, 0.2) is 6.19 Å². The molecule has 206 valence electrons. The van der Waals surface area contributed by atoms with Gasteiger partial charge in [0.2, 0.25) is 0 Å². The summed E-state index contributed by atoms with van der Waals surface area (Å²) < 4.78 is 43.9. The standard InChI is InChI=1S/C27H35F3N6O2/c1-25(2,36-8-6-35(7-9-36)21-5-4-20(15-32-21)27(28,29)30)23(33-16-31)34-22-18-10-17-11-19(22)14-26(12-17,13-18)24(37)38-3/h4-5,15,17-19,22H,6-14H2,1-3H3,(H,33,34). The summed E-state index contributed by atoms with van der Waals surface area (Å²) >= 11 is 0. The average molecular weight is 533 g/mol. The van der Waals surface area contributed by atoms with Crippen LogP contribution in [0.5, 0.6) is 0 Å². The van der Waals surface area contributed by atoms with E-state index in [-0.39, 0.29) is 17.4 Å². The van der Waals surface area contributed by atoms with Crippen molar-refractivity contribution in [2.24, 2.45) is 28.2 Å². The first kappa shape index (κ1) is 26.7. The molecule has 1 aromatic rings. The van der Waals surface area contributed by atoms with Crippen LogP contribution in [0.2, 0.25) is 0 Å². The second-order valence-corrected chi connectivity index (χ2v) is 11.9. The summed E-state index contributed by atoms with van der Waals surface area (Å²) in [6.45, 7) is 6.58. The number of alkyl halides is 3. The minimum absolute atomic E-state index is 0.0668. The highest BCUT2D eigenvalue weighted by molar-refractivity contribution is 5.92. The summed E-state index contributed by atoms with van der Waals surface area (Å²) in [5.41, 5.74) is -1.69. The molecular formula is C27H35F3N6O2. The molecule has 1 N–H and O–H groups in total. The van der Waals surface area contributed by atoms with Crippen molar-refractivity contribution in [1.82, 2.24) is 15.2 Å². The average Bonchev–Trinajstić information content (AvgIpc) is 2.88. The van der Waals surface area contributed by atoms with Crippen LogP contribution in [0.25, 0.3) is 0 Å². The van der Waals surface area contributed by atoms with E-state index >= 15 is 0 Å². The predicted molar refractivity (Wildman–Crippen MR) is 135 cm³/mol.